The predicted octanol–water partition coefficient (Wildman–Crippen LogP) is 0.909. The number of nitrogens with zero attached hydrogens (tertiary/aromatic N) is 2. The van der Waals surface area contributed by atoms with Crippen LogP contribution in [0.1, 0.15) is 20.7 Å². The van der Waals surface area contributed by atoms with E-state index in [-0.39, 0.29) is 6.54 Å². The smallest absolute Gasteiger partial charge is 0.262 e. The second kappa shape index (κ2) is 7.85. The number of carbonyl (C=O) groups is 3. The Bertz CT molecular complexity index is 951. The van der Waals surface area contributed by atoms with E-state index in [1.807, 2.05) is 6.07 Å². The minimum atomic E-state index is -0.450. The summed E-state index contributed by atoms with van der Waals surface area (Å²) in [4.78, 5) is 42.3. The van der Waals surface area contributed by atoms with Crippen molar-refractivity contribution < 1.29 is 19.3 Å². The minimum absolute atomic E-state index is 0.327. The Hall–Kier alpha value is -2.90. The van der Waals surface area contributed by atoms with Crippen LogP contribution in [-0.2, 0) is 4.79 Å². The molecule has 0 atom stereocenters. The van der Waals surface area contributed by atoms with Gasteiger partial charge in [0.25, 0.3) is 11.8 Å². The van der Waals surface area contributed by atoms with Crippen molar-refractivity contribution in [2.75, 3.05) is 50.0 Å². The van der Waals surface area contributed by atoms with Gasteiger partial charge in [0.2, 0.25) is 5.91 Å². The van der Waals surface area contributed by atoms with E-state index < -0.39 is 17.7 Å². The fourth-order valence-corrected chi connectivity index (χ4v) is 3.90. The van der Waals surface area contributed by atoms with E-state index in [2.05, 4.69) is 17.3 Å². The largest absolute Gasteiger partial charge is 0.359 e. The second-order valence-electron chi connectivity index (χ2n) is 7.40. The zero-order valence-electron chi connectivity index (χ0n) is 16.1. The maximum absolute atomic E-state index is 12.7. The molecule has 2 aliphatic heterocycles. The summed E-state index contributed by atoms with van der Waals surface area (Å²) in [5.74, 6) is -1.34. The molecule has 8 heteroatoms. The van der Waals surface area contributed by atoms with Crippen LogP contribution < -0.4 is 15.1 Å². The van der Waals surface area contributed by atoms with Crippen LogP contribution in [0.3, 0.4) is 0 Å². The van der Waals surface area contributed by atoms with Crippen molar-refractivity contribution in [1.29, 1.82) is 0 Å². The van der Waals surface area contributed by atoms with Gasteiger partial charge in [-0.3, -0.25) is 19.3 Å². The molecule has 0 aromatic heterocycles. The van der Waals surface area contributed by atoms with Gasteiger partial charge in [-0.15, -0.1) is 0 Å². The van der Waals surface area contributed by atoms with Crippen molar-refractivity contribution in [1.82, 2.24) is 4.90 Å². The lowest BCUT2D eigenvalue weighted by atomic mass is 10.1. The van der Waals surface area contributed by atoms with Crippen LogP contribution in [0.5, 0.6) is 0 Å². The molecule has 2 aromatic rings. The fraction of sp³-hybridized carbons (Fsp3) is 0.286. The zero-order chi connectivity index (χ0) is 20.5. The van der Waals surface area contributed by atoms with E-state index in [9.17, 15) is 14.4 Å². The number of hydrogen-bond donors (Lipinski definition) is 2. The van der Waals surface area contributed by atoms with Crippen LogP contribution in [0.15, 0.2) is 42.5 Å². The lowest BCUT2D eigenvalue weighted by Crippen LogP contribution is -3.12. The molecule has 7 nitrogen and oxygen atoms in total. The molecule has 2 aliphatic rings. The Kier molecular flexibility index (Phi) is 5.25. The molecule has 0 aliphatic carbocycles. The van der Waals surface area contributed by atoms with Crippen molar-refractivity contribution in [2.24, 2.45) is 0 Å². The van der Waals surface area contributed by atoms with Gasteiger partial charge >= 0.3 is 0 Å². The quantitative estimate of drug-likeness (QED) is 0.731. The van der Waals surface area contributed by atoms with Crippen molar-refractivity contribution >= 4 is 40.7 Å². The van der Waals surface area contributed by atoms with Gasteiger partial charge in [-0.05, 0) is 30.3 Å². The highest BCUT2D eigenvalue weighted by Crippen LogP contribution is 2.30. The summed E-state index contributed by atoms with van der Waals surface area (Å²) in [7, 11) is 2.16. The Morgan fingerprint density at radius 1 is 1.07 bits per heavy atom. The van der Waals surface area contributed by atoms with E-state index in [0.717, 1.165) is 36.8 Å². The Labute approximate surface area is 173 Å². The summed E-state index contributed by atoms with van der Waals surface area (Å²) < 4.78 is 0. The molecule has 3 amide bonds. The average Bonchev–Trinajstić information content (AvgIpc) is 2.94. The Balaban J connectivity index is 1.50. The molecule has 29 heavy (non-hydrogen) atoms. The first-order valence-corrected chi connectivity index (χ1v) is 9.92. The van der Waals surface area contributed by atoms with Gasteiger partial charge in [-0.1, -0.05) is 23.7 Å². The van der Waals surface area contributed by atoms with E-state index in [1.54, 1.807) is 36.4 Å². The Morgan fingerprint density at radius 2 is 1.69 bits per heavy atom. The first kappa shape index (κ1) is 19.4. The number of anilines is 2. The molecule has 2 heterocycles. The third kappa shape index (κ3) is 3.83. The number of benzene rings is 2. The highest BCUT2D eigenvalue weighted by atomic mass is 35.5. The lowest BCUT2D eigenvalue weighted by molar-refractivity contribution is -0.880. The molecule has 2 aromatic carbocycles. The maximum atomic E-state index is 12.7. The molecule has 0 bridgehead atoms. The normalized spacial score (nSPS) is 16.9. The number of carbonyl (C=O) groups excluding carboxylic acids is 3. The van der Waals surface area contributed by atoms with Crippen LogP contribution in [0.4, 0.5) is 11.4 Å². The van der Waals surface area contributed by atoms with Crippen LogP contribution >= 0.6 is 11.6 Å². The highest BCUT2D eigenvalue weighted by Gasteiger charge is 2.36. The molecular formula is C21H22ClN4O3+. The molecule has 4 rings (SSSR count). The van der Waals surface area contributed by atoms with E-state index in [4.69, 9.17) is 11.6 Å². The molecule has 2 N–H and O–H groups in total. The number of piperazine rings is 1. The fourth-order valence-electron chi connectivity index (χ4n) is 3.73. The average molecular weight is 414 g/mol. The van der Waals surface area contributed by atoms with E-state index in [0.29, 0.717) is 21.8 Å². The number of fused-ring (bicyclic) bond motifs is 1. The summed E-state index contributed by atoms with van der Waals surface area (Å²) in [5.41, 5.74) is 2.12. The van der Waals surface area contributed by atoms with Crippen LogP contribution in [-0.4, -0.2) is 62.4 Å². The number of likely N-dealkylation sites (N-methyl/N-ethyl adjacent to an activating group) is 1. The molecular weight excluding hydrogens is 392 g/mol. The number of halogens is 1. The number of nitrogens with one attached hydrogen (secondary N) is 2. The van der Waals surface area contributed by atoms with Crippen molar-refractivity contribution in [3.8, 4) is 0 Å². The Morgan fingerprint density at radius 3 is 2.31 bits per heavy atom. The van der Waals surface area contributed by atoms with Crippen molar-refractivity contribution in [3.63, 3.8) is 0 Å². The van der Waals surface area contributed by atoms with Gasteiger partial charge in [0.05, 0.1) is 55.7 Å². The van der Waals surface area contributed by atoms with Crippen LogP contribution in [0.25, 0.3) is 0 Å². The van der Waals surface area contributed by atoms with E-state index >= 15 is 0 Å². The van der Waals surface area contributed by atoms with Gasteiger partial charge in [-0.25, -0.2) is 0 Å². The zero-order valence-corrected chi connectivity index (χ0v) is 16.8. The standard InChI is InChI=1S/C21H21ClN4O3/c1-24-8-10-25(11-9-24)18-7-6-14(22)12-17(18)23-19(27)13-26-20(28)15-4-2-3-5-16(15)21(26)29/h2-7,12H,8-11,13H2,1H3,(H,23,27)/p+1. The number of imide groups is 1. The molecule has 0 spiro atoms. The molecule has 0 radical (unpaired) electrons. The highest BCUT2D eigenvalue weighted by molar-refractivity contribution is 6.31. The summed E-state index contributed by atoms with van der Waals surface area (Å²) in [5, 5.41) is 3.34. The van der Waals surface area contributed by atoms with Crippen molar-refractivity contribution in [3.05, 3.63) is 58.6 Å². The van der Waals surface area contributed by atoms with Gasteiger partial charge in [0.15, 0.2) is 0 Å². The number of hydrogen-bond acceptors (Lipinski definition) is 4. The predicted molar refractivity (Wildman–Crippen MR) is 111 cm³/mol. The lowest BCUT2D eigenvalue weighted by Gasteiger charge is -2.33. The number of quaternary nitrogens is 1. The van der Waals surface area contributed by atoms with Crippen molar-refractivity contribution in [2.45, 2.75) is 0 Å². The van der Waals surface area contributed by atoms with E-state index in [1.165, 1.54) is 4.90 Å². The molecule has 1 fully saturated rings. The van der Waals surface area contributed by atoms with Crippen LogP contribution in [0.2, 0.25) is 5.02 Å². The summed E-state index contributed by atoms with van der Waals surface area (Å²) in [6, 6.07) is 12.0. The topological polar surface area (TPSA) is 74.2 Å². The minimum Gasteiger partial charge on any atom is -0.359 e. The summed E-state index contributed by atoms with van der Waals surface area (Å²) >= 11 is 6.15. The number of amides is 3. The molecule has 1 saturated heterocycles. The molecule has 150 valence electrons. The van der Waals surface area contributed by atoms with Crippen LogP contribution in [0, 0.1) is 0 Å². The van der Waals surface area contributed by atoms with Gasteiger partial charge in [0, 0.05) is 5.02 Å². The summed E-state index contributed by atoms with van der Waals surface area (Å²) in [6.07, 6.45) is 0. The molecule has 0 saturated carbocycles. The third-order valence-corrected chi connectivity index (χ3v) is 5.61. The maximum Gasteiger partial charge on any atom is 0.262 e. The first-order valence-electron chi connectivity index (χ1n) is 9.55. The SMILES string of the molecule is C[NH+]1CCN(c2ccc(Cl)cc2NC(=O)CN2C(=O)c3ccccc3C2=O)CC1. The first-order chi connectivity index (χ1) is 13.9. The summed E-state index contributed by atoms with van der Waals surface area (Å²) in [6.45, 7) is 3.41. The van der Waals surface area contributed by atoms with Gasteiger partial charge in [0.1, 0.15) is 6.54 Å². The monoisotopic (exact) mass is 413 g/mol. The molecule has 0 unspecified atom stereocenters. The second-order valence-corrected chi connectivity index (χ2v) is 7.83. The third-order valence-electron chi connectivity index (χ3n) is 5.37. The van der Waals surface area contributed by atoms with Gasteiger partial charge < -0.3 is 15.1 Å². The van der Waals surface area contributed by atoms with Gasteiger partial charge in [-0.2, -0.15) is 0 Å². The number of rotatable bonds is 4.